The average Bonchev–Trinajstić information content (AvgIpc) is 1.84. The van der Waals surface area contributed by atoms with Crippen LogP contribution >= 0.6 is 0 Å². The van der Waals surface area contributed by atoms with Crippen LogP contribution in [0.3, 0.4) is 0 Å². The molecule has 0 aliphatic heterocycles. The Kier molecular flexibility index (Phi) is 1.92. The molecule has 3 heteroatoms. The molecule has 2 atom stereocenters. The molecule has 1 aliphatic rings. The van der Waals surface area contributed by atoms with E-state index in [4.69, 9.17) is 0 Å². The van der Waals surface area contributed by atoms with Gasteiger partial charge in [-0.3, -0.25) is 0 Å². The van der Waals surface area contributed by atoms with E-state index < -0.39 is 11.8 Å². The van der Waals surface area contributed by atoms with E-state index >= 15 is 0 Å². The first-order chi connectivity index (χ1) is 4.63. The van der Waals surface area contributed by atoms with Crippen LogP contribution in [0.25, 0.3) is 0 Å². The third kappa shape index (κ3) is 1.13. The van der Waals surface area contributed by atoms with E-state index in [0.717, 1.165) is 12.8 Å². The van der Waals surface area contributed by atoms with Crippen LogP contribution in [0, 0.1) is 11.8 Å². The zero-order chi connectivity index (χ0) is 7.72. The Balaban J connectivity index is 2.58. The Morgan fingerprint density at radius 2 is 2.00 bits per heavy atom. The topological polar surface area (TPSA) is 26.0 Å². The molecule has 1 rings (SSSR count). The van der Waals surface area contributed by atoms with Crippen LogP contribution in [0.15, 0.2) is 11.8 Å². The molecule has 1 fully saturated rings. The summed E-state index contributed by atoms with van der Waals surface area (Å²) in [5.74, 6) is -1.88. The van der Waals surface area contributed by atoms with Crippen LogP contribution in [0.2, 0.25) is 0 Å². The van der Waals surface area contributed by atoms with Gasteiger partial charge in [0.15, 0.2) is 5.83 Å². The second-order valence-corrected chi connectivity index (χ2v) is 2.86. The van der Waals surface area contributed by atoms with Crippen molar-refractivity contribution >= 4 is 0 Å². The molecule has 0 aromatic rings. The number of halogens is 2. The zero-order valence-electron chi connectivity index (χ0n) is 5.90. The van der Waals surface area contributed by atoms with Gasteiger partial charge in [-0.15, -0.1) is 0 Å². The fraction of sp³-hybridized carbons (Fsp3) is 0.714. The van der Waals surface area contributed by atoms with Crippen molar-refractivity contribution in [2.24, 2.45) is 17.6 Å². The van der Waals surface area contributed by atoms with Gasteiger partial charge in [-0.25, -0.2) is 4.39 Å². The van der Waals surface area contributed by atoms with E-state index in [1.807, 2.05) is 6.92 Å². The lowest BCUT2D eigenvalue weighted by Crippen LogP contribution is -2.24. The highest BCUT2D eigenvalue weighted by Gasteiger charge is 2.32. The zero-order valence-corrected chi connectivity index (χ0v) is 5.90. The predicted octanol–water partition coefficient (Wildman–Crippen LogP) is 2.10. The molecular formula is C7H11F2N. The van der Waals surface area contributed by atoms with Crippen LogP contribution < -0.4 is 5.73 Å². The van der Waals surface area contributed by atoms with E-state index in [2.05, 4.69) is 5.73 Å². The quantitative estimate of drug-likeness (QED) is 0.565. The summed E-state index contributed by atoms with van der Waals surface area (Å²) in [6.07, 6.45) is 1.71. The summed E-state index contributed by atoms with van der Waals surface area (Å²) in [4.78, 5) is 0. The molecule has 0 bridgehead atoms. The molecule has 1 saturated carbocycles. The lowest BCUT2D eigenvalue weighted by Gasteiger charge is -2.32. The van der Waals surface area contributed by atoms with Gasteiger partial charge in [0.25, 0.3) is 0 Å². The monoisotopic (exact) mass is 147 g/mol. The van der Waals surface area contributed by atoms with Crippen molar-refractivity contribution in [2.75, 3.05) is 0 Å². The summed E-state index contributed by atoms with van der Waals surface area (Å²) in [5, 5.41) is 0. The van der Waals surface area contributed by atoms with Crippen molar-refractivity contribution in [3.05, 3.63) is 11.8 Å². The Bertz CT molecular complexity index is 161. The number of nitrogens with two attached hydrogens (primary N) is 1. The van der Waals surface area contributed by atoms with Crippen molar-refractivity contribution in [1.82, 2.24) is 0 Å². The van der Waals surface area contributed by atoms with Gasteiger partial charge < -0.3 is 5.73 Å². The second kappa shape index (κ2) is 2.56. The number of rotatable bonds is 1. The highest BCUT2D eigenvalue weighted by Crippen LogP contribution is 2.40. The molecule has 0 amide bonds. The molecule has 0 heterocycles. The first-order valence-corrected chi connectivity index (χ1v) is 3.43. The van der Waals surface area contributed by atoms with Crippen LogP contribution in [0.4, 0.5) is 8.78 Å². The molecule has 58 valence electrons. The minimum absolute atomic E-state index is 0.245. The number of hydrogen-bond donors (Lipinski definition) is 1. The summed E-state index contributed by atoms with van der Waals surface area (Å²) in [7, 11) is 0. The Labute approximate surface area is 58.9 Å². The standard InChI is InChI=1S/C7H11F2N/c1-4-2-3-5(4)6(8)7(9)10/h4-5H,2-3,10H2,1H3/b7-6+/t4-,5+/m0/s1. The van der Waals surface area contributed by atoms with E-state index in [-0.39, 0.29) is 11.8 Å². The molecule has 0 radical (unpaired) electrons. The van der Waals surface area contributed by atoms with Crippen molar-refractivity contribution in [2.45, 2.75) is 19.8 Å². The SMILES string of the molecule is C[C@H]1CC[C@H]1/C(F)=C(\N)F. The van der Waals surface area contributed by atoms with Gasteiger partial charge in [0.1, 0.15) is 0 Å². The maximum atomic E-state index is 12.6. The average molecular weight is 147 g/mol. The predicted molar refractivity (Wildman–Crippen MR) is 35.3 cm³/mol. The van der Waals surface area contributed by atoms with Gasteiger partial charge in [0.05, 0.1) is 0 Å². The largest absolute Gasteiger partial charge is 0.373 e. The fourth-order valence-corrected chi connectivity index (χ4v) is 1.22. The van der Waals surface area contributed by atoms with Crippen LogP contribution in [-0.4, -0.2) is 0 Å². The second-order valence-electron chi connectivity index (χ2n) is 2.86. The molecule has 0 spiro atoms. The molecule has 2 N–H and O–H groups in total. The van der Waals surface area contributed by atoms with Crippen LogP contribution in [-0.2, 0) is 0 Å². The van der Waals surface area contributed by atoms with E-state index in [1.165, 1.54) is 0 Å². The molecule has 1 nitrogen and oxygen atoms in total. The molecular weight excluding hydrogens is 136 g/mol. The summed E-state index contributed by atoms with van der Waals surface area (Å²) < 4.78 is 24.6. The molecule has 0 aromatic heterocycles. The fourth-order valence-electron chi connectivity index (χ4n) is 1.22. The van der Waals surface area contributed by atoms with Crippen LogP contribution in [0.1, 0.15) is 19.8 Å². The van der Waals surface area contributed by atoms with Crippen molar-refractivity contribution in [3.8, 4) is 0 Å². The summed E-state index contributed by atoms with van der Waals surface area (Å²) >= 11 is 0. The normalized spacial score (nSPS) is 34.7. The van der Waals surface area contributed by atoms with Crippen molar-refractivity contribution in [3.63, 3.8) is 0 Å². The molecule has 0 unspecified atom stereocenters. The molecule has 10 heavy (non-hydrogen) atoms. The van der Waals surface area contributed by atoms with Gasteiger partial charge >= 0.3 is 0 Å². The van der Waals surface area contributed by atoms with E-state index in [1.54, 1.807) is 0 Å². The Morgan fingerprint density at radius 1 is 1.40 bits per heavy atom. The third-order valence-corrected chi connectivity index (χ3v) is 2.17. The summed E-state index contributed by atoms with van der Waals surface area (Å²) in [6.45, 7) is 1.90. The Morgan fingerprint density at radius 3 is 2.10 bits per heavy atom. The highest BCUT2D eigenvalue weighted by molar-refractivity contribution is 5.05. The molecule has 0 saturated heterocycles. The van der Waals surface area contributed by atoms with Gasteiger partial charge in [0.2, 0.25) is 5.95 Å². The minimum Gasteiger partial charge on any atom is -0.373 e. The molecule has 1 aliphatic carbocycles. The van der Waals surface area contributed by atoms with Gasteiger partial charge in [-0.05, 0) is 18.8 Å². The van der Waals surface area contributed by atoms with Gasteiger partial charge in [-0.1, -0.05) is 6.92 Å². The highest BCUT2D eigenvalue weighted by atomic mass is 19.2. The van der Waals surface area contributed by atoms with E-state index in [0.29, 0.717) is 0 Å². The minimum atomic E-state index is -1.14. The van der Waals surface area contributed by atoms with Gasteiger partial charge in [0, 0.05) is 5.92 Å². The van der Waals surface area contributed by atoms with Gasteiger partial charge in [-0.2, -0.15) is 4.39 Å². The smallest absolute Gasteiger partial charge is 0.216 e. The Hall–Kier alpha value is -0.600. The molecule has 0 aromatic carbocycles. The number of allylic oxidation sites excluding steroid dienone is 1. The lowest BCUT2D eigenvalue weighted by molar-refractivity contribution is 0.195. The summed E-state index contributed by atoms with van der Waals surface area (Å²) in [6, 6.07) is 0. The number of hydrogen-bond acceptors (Lipinski definition) is 1. The van der Waals surface area contributed by atoms with Crippen molar-refractivity contribution in [1.29, 1.82) is 0 Å². The lowest BCUT2D eigenvalue weighted by atomic mass is 9.74. The maximum Gasteiger partial charge on any atom is 0.216 e. The first kappa shape index (κ1) is 7.51. The maximum absolute atomic E-state index is 12.6. The third-order valence-electron chi connectivity index (χ3n) is 2.17. The summed E-state index contributed by atoms with van der Waals surface area (Å²) in [5.41, 5.74) is 4.65. The van der Waals surface area contributed by atoms with Crippen LogP contribution in [0.5, 0.6) is 0 Å². The first-order valence-electron chi connectivity index (χ1n) is 3.43. The van der Waals surface area contributed by atoms with E-state index in [9.17, 15) is 8.78 Å². The van der Waals surface area contributed by atoms with Crippen molar-refractivity contribution < 1.29 is 8.78 Å².